The first-order chi connectivity index (χ1) is 19.1. The highest BCUT2D eigenvalue weighted by Gasteiger charge is 2.72. The number of hydrogen-bond donors (Lipinski definition) is 1. The maximum absolute atomic E-state index is 14.6. The quantitative estimate of drug-likeness (QED) is 0.470. The molecule has 4 aliphatic heterocycles. The Morgan fingerprint density at radius 2 is 1.77 bits per heavy atom. The van der Waals surface area contributed by atoms with Crippen LogP contribution < -0.4 is 0 Å². The van der Waals surface area contributed by atoms with E-state index in [0.29, 0.717) is 13.2 Å². The molecule has 2 amide bonds. The van der Waals surface area contributed by atoms with Crippen molar-refractivity contribution in [2.45, 2.75) is 81.2 Å². The lowest BCUT2D eigenvalue weighted by Crippen LogP contribution is -2.58. The van der Waals surface area contributed by atoms with Crippen molar-refractivity contribution in [1.29, 1.82) is 0 Å². The summed E-state index contributed by atoms with van der Waals surface area (Å²) < 4.78 is 12.4. The van der Waals surface area contributed by atoms with Crippen molar-refractivity contribution in [1.82, 2.24) is 9.80 Å². The number of cyclic esters (lactones) is 1. The molecule has 8 nitrogen and oxygen atoms in total. The summed E-state index contributed by atoms with van der Waals surface area (Å²) in [5, 5.41) is 10.6. The number of allylic oxidation sites excluding steroid dienone is 1. The topological polar surface area (TPSA) is 96.4 Å². The van der Waals surface area contributed by atoms with Gasteiger partial charge in [0.05, 0.1) is 31.3 Å². The first-order valence-corrected chi connectivity index (χ1v) is 14.5. The third-order valence-corrected chi connectivity index (χ3v) is 9.28. The molecule has 1 N–H and O–H groups in total. The number of fused-ring (bicyclic) bond motifs is 2. The molecule has 5 aliphatic rings. The number of benzene rings is 1. The van der Waals surface area contributed by atoms with Gasteiger partial charge in [-0.25, -0.2) is 0 Å². The van der Waals surface area contributed by atoms with Crippen LogP contribution in [0.5, 0.6) is 0 Å². The minimum atomic E-state index is -1.33. The Morgan fingerprint density at radius 3 is 2.54 bits per heavy atom. The van der Waals surface area contributed by atoms with Crippen molar-refractivity contribution in [3.63, 3.8) is 0 Å². The Kier molecular flexibility index (Phi) is 7.33. The van der Waals surface area contributed by atoms with Gasteiger partial charge in [-0.1, -0.05) is 73.9 Å². The third-order valence-electron chi connectivity index (χ3n) is 9.28. The van der Waals surface area contributed by atoms with Gasteiger partial charge in [0.15, 0.2) is 0 Å². The zero-order valence-corrected chi connectivity index (χ0v) is 22.3. The minimum absolute atomic E-state index is 0.0957. The summed E-state index contributed by atoms with van der Waals surface area (Å²) in [6.07, 6.45) is 14.7. The van der Waals surface area contributed by atoms with Gasteiger partial charge >= 0.3 is 5.97 Å². The number of aliphatic hydroxyl groups excluding tert-OH is 1. The number of carbonyl (C=O) groups is 3. The summed E-state index contributed by atoms with van der Waals surface area (Å²) in [5.74, 6) is -2.77. The largest absolute Gasteiger partial charge is 0.465 e. The first kappa shape index (κ1) is 26.3. The van der Waals surface area contributed by atoms with Crippen molar-refractivity contribution in [3.05, 3.63) is 60.2 Å². The Hall–Kier alpha value is -2.97. The smallest absolute Gasteiger partial charge is 0.312 e. The molecule has 1 saturated carbocycles. The normalized spacial score (nSPS) is 35.1. The highest BCUT2D eigenvalue weighted by atomic mass is 16.6. The number of likely N-dealkylation sites (tertiary alicyclic amines) is 1. The monoisotopic (exact) mass is 534 g/mol. The summed E-state index contributed by atoms with van der Waals surface area (Å²) in [7, 11) is 0. The molecule has 39 heavy (non-hydrogen) atoms. The highest BCUT2D eigenvalue weighted by molar-refractivity contribution is 5.99. The molecule has 1 aromatic carbocycles. The van der Waals surface area contributed by atoms with Crippen LogP contribution in [0.3, 0.4) is 0 Å². The van der Waals surface area contributed by atoms with E-state index in [-0.39, 0.29) is 24.5 Å². The molecule has 4 heterocycles. The molecular formula is C31H38N2O6. The van der Waals surface area contributed by atoms with Crippen LogP contribution in [-0.4, -0.2) is 76.2 Å². The molecule has 1 aromatic rings. The number of esters is 1. The highest BCUT2D eigenvalue weighted by Crippen LogP contribution is 2.55. The molecule has 1 spiro atoms. The van der Waals surface area contributed by atoms with Crippen molar-refractivity contribution < 1.29 is 29.0 Å². The van der Waals surface area contributed by atoms with Crippen LogP contribution in [0, 0.1) is 11.8 Å². The van der Waals surface area contributed by atoms with Gasteiger partial charge in [0, 0.05) is 12.6 Å². The van der Waals surface area contributed by atoms with E-state index < -0.39 is 41.6 Å². The van der Waals surface area contributed by atoms with Gasteiger partial charge in [-0.3, -0.25) is 14.4 Å². The zero-order chi connectivity index (χ0) is 27.0. The standard InChI is InChI=1S/C31H38N2O6/c34-20-23(21-12-5-3-6-13-21)33-27-29(36)32(22-14-7-4-8-15-22)18-11-17-31(27)26(28(33)35)25-24(39-31)16-9-1-2-10-19-38-30(25)37/h3,5-6,9,11-13,16-17,22-27,34H,1-2,4,7-8,10,14-15,18-20H2/b16-9-/t23-,24-,25+,26+,27?,31+/m1/s1. The van der Waals surface area contributed by atoms with E-state index in [9.17, 15) is 19.5 Å². The molecule has 0 radical (unpaired) electrons. The predicted molar refractivity (Wildman–Crippen MR) is 143 cm³/mol. The van der Waals surface area contributed by atoms with Crippen LogP contribution in [-0.2, 0) is 23.9 Å². The van der Waals surface area contributed by atoms with E-state index in [1.807, 2.05) is 59.5 Å². The van der Waals surface area contributed by atoms with Gasteiger partial charge in [0.25, 0.3) is 0 Å². The predicted octanol–water partition coefficient (Wildman–Crippen LogP) is 3.32. The molecule has 1 unspecified atom stereocenters. The molecule has 6 rings (SSSR count). The number of amides is 2. The van der Waals surface area contributed by atoms with Gasteiger partial charge in [-0.05, 0) is 37.7 Å². The van der Waals surface area contributed by atoms with Crippen molar-refractivity contribution >= 4 is 17.8 Å². The van der Waals surface area contributed by atoms with Crippen LogP contribution in [0.4, 0.5) is 0 Å². The fourth-order valence-corrected chi connectivity index (χ4v) is 7.46. The fourth-order valence-electron chi connectivity index (χ4n) is 7.46. The van der Waals surface area contributed by atoms with E-state index >= 15 is 0 Å². The number of carbonyl (C=O) groups excluding carboxylic acids is 3. The molecule has 0 aromatic heterocycles. The lowest BCUT2D eigenvalue weighted by molar-refractivity contribution is -0.157. The molecule has 3 fully saturated rings. The second kappa shape index (κ2) is 10.9. The molecule has 208 valence electrons. The SMILES string of the molecule is O=C1OCCCC/C=C\[C@H]2O[C@]34C=CCN(C5CCCCC5)C(=O)C3N([C@H](CO)c3ccccc3)C(=O)[C@@H]4[C@@H]12. The number of nitrogens with zero attached hydrogens (tertiary/aromatic N) is 2. The van der Waals surface area contributed by atoms with E-state index in [4.69, 9.17) is 9.47 Å². The summed E-state index contributed by atoms with van der Waals surface area (Å²) >= 11 is 0. The summed E-state index contributed by atoms with van der Waals surface area (Å²) in [6, 6.07) is 7.65. The van der Waals surface area contributed by atoms with Gasteiger partial charge < -0.3 is 24.4 Å². The fraction of sp³-hybridized carbons (Fsp3) is 0.581. The van der Waals surface area contributed by atoms with Gasteiger partial charge in [0.1, 0.15) is 17.6 Å². The van der Waals surface area contributed by atoms with E-state index in [1.54, 1.807) is 0 Å². The number of rotatable bonds is 4. The number of ether oxygens (including phenoxy) is 2. The second-order valence-electron chi connectivity index (χ2n) is 11.5. The van der Waals surface area contributed by atoms with Crippen molar-refractivity contribution in [2.24, 2.45) is 11.8 Å². The number of aliphatic hydroxyl groups is 1. The Bertz CT molecular complexity index is 1140. The van der Waals surface area contributed by atoms with Gasteiger partial charge in [-0.2, -0.15) is 0 Å². The van der Waals surface area contributed by atoms with E-state index in [2.05, 4.69) is 0 Å². The maximum Gasteiger partial charge on any atom is 0.312 e. The van der Waals surface area contributed by atoms with Gasteiger partial charge in [-0.15, -0.1) is 0 Å². The van der Waals surface area contributed by atoms with Crippen molar-refractivity contribution in [2.75, 3.05) is 19.8 Å². The second-order valence-corrected chi connectivity index (χ2v) is 11.5. The Labute approximate surface area is 229 Å². The first-order valence-electron chi connectivity index (χ1n) is 14.5. The van der Waals surface area contributed by atoms with Crippen LogP contribution in [0.25, 0.3) is 0 Å². The van der Waals surface area contributed by atoms with Gasteiger partial charge in [0.2, 0.25) is 11.8 Å². The average Bonchev–Trinajstić information content (AvgIpc) is 3.35. The van der Waals surface area contributed by atoms with Crippen LogP contribution >= 0.6 is 0 Å². The number of hydrogen-bond acceptors (Lipinski definition) is 6. The van der Waals surface area contributed by atoms with Crippen LogP contribution in [0.1, 0.15) is 63.0 Å². The summed E-state index contributed by atoms with van der Waals surface area (Å²) in [4.78, 5) is 46.0. The van der Waals surface area contributed by atoms with Crippen molar-refractivity contribution in [3.8, 4) is 0 Å². The summed E-state index contributed by atoms with van der Waals surface area (Å²) in [6.45, 7) is 0.378. The van der Waals surface area contributed by atoms with Crippen LogP contribution in [0.15, 0.2) is 54.6 Å². The van der Waals surface area contributed by atoms with E-state index in [1.165, 1.54) is 4.90 Å². The summed E-state index contributed by atoms with van der Waals surface area (Å²) in [5.41, 5.74) is -0.592. The molecule has 0 bridgehead atoms. The molecule has 1 aliphatic carbocycles. The lowest BCUT2D eigenvalue weighted by atomic mass is 9.77. The average molecular weight is 535 g/mol. The molecule has 2 saturated heterocycles. The molecular weight excluding hydrogens is 496 g/mol. The minimum Gasteiger partial charge on any atom is -0.465 e. The lowest BCUT2D eigenvalue weighted by Gasteiger charge is -2.41. The van der Waals surface area contributed by atoms with Crippen LogP contribution in [0.2, 0.25) is 0 Å². The van der Waals surface area contributed by atoms with E-state index in [0.717, 1.165) is 56.9 Å². The Morgan fingerprint density at radius 1 is 0.974 bits per heavy atom. The Balaban J connectivity index is 1.47. The third kappa shape index (κ3) is 4.42. The maximum atomic E-state index is 14.6. The molecule has 8 heteroatoms. The zero-order valence-electron chi connectivity index (χ0n) is 22.3. The molecule has 6 atom stereocenters.